The van der Waals surface area contributed by atoms with Gasteiger partial charge in [-0.15, -0.1) is 0 Å². The third-order valence-electron chi connectivity index (χ3n) is 5.19. The summed E-state index contributed by atoms with van der Waals surface area (Å²) in [6.45, 7) is 6.41. The van der Waals surface area contributed by atoms with Gasteiger partial charge in [-0.25, -0.2) is 8.42 Å². The molecule has 0 unspecified atom stereocenters. The molecule has 1 heterocycles. The molecule has 1 aliphatic rings. The van der Waals surface area contributed by atoms with Crippen molar-refractivity contribution in [3.05, 3.63) is 58.7 Å². The zero-order valence-electron chi connectivity index (χ0n) is 17.4. The van der Waals surface area contributed by atoms with Crippen molar-refractivity contribution in [2.45, 2.75) is 46.3 Å². The van der Waals surface area contributed by atoms with Gasteiger partial charge in [-0.05, 0) is 54.2 Å². The molecule has 1 aliphatic heterocycles. The number of nitrogens with one attached hydrogen (secondary N) is 1. The number of carbonyl (C=O) groups excluding carboxylic acids is 1. The van der Waals surface area contributed by atoms with Gasteiger partial charge in [-0.1, -0.05) is 38.1 Å². The Morgan fingerprint density at radius 2 is 1.90 bits per heavy atom. The number of rotatable bonds is 6. The molecule has 1 atom stereocenters. The van der Waals surface area contributed by atoms with Crippen molar-refractivity contribution in [1.82, 2.24) is 5.32 Å². The van der Waals surface area contributed by atoms with Crippen LogP contribution in [0.3, 0.4) is 0 Å². The molecule has 2 aromatic rings. The van der Waals surface area contributed by atoms with E-state index in [-0.39, 0.29) is 12.5 Å². The van der Waals surface area contributed by atoms with Gasteiger partial charge in [0.15, 0.2) is 6.10 Å². The number of sulfonamides is 1. The van der Waals surface area contributed by atoms with Crippen LogP contribution in [0.5, 0.6) is 5.75 Å². The maximum atomic E-state index is 12.8. The number of anilines is 1. The molecule has 0 aliphatic carbocycles. The predicted molar refractivity (Wildman–Crippen MR) is 115 cm³/mol. The van der Waals surface area contributed by atoms with Crippen molar-refractivity contribution in [1.29, 1.82) is 0 Å². The summed E-state index contributed by atoms with van der Waals surface area (Å²) in [6, 6.07) is 11.6. The number of carbonyl (C=O) groups is 1. The van der Waals surface area contributed by atoms with E-state index < -0.39 is 16.1 Å². The van der Waals surface area contributed by atoms with Gasteiger partial charge in [-0.2, -0.15) is 0 Å². The van der Waals surface area contributed by atoms with Crippen LogP contribution in [0, 0.1) is 6.92 Å². The topological polar surface area (TPSA) is 75.7 Å². The maximum Gasteiger partial charge on any atom is 0.263 e. The first-order valence-corrected chi connectivity index (χ1v) is 11.7. The van der Waals surface area contributed by atoms with E-state index >= 15 is 0 Å². The molecule has 1 amide bonds. The molecule has 7 heteroatoms. The zero-order valence-corrected chi connectivity index (χ0v) is 18.2. The molecule has 0 spiro atoms. The molecule has 1 N–H and O–H groups in total. The third kappa shape index (κ3) is 4.72. The Bertz CT molecular complexity index is 1020. The normalized spacial score (nSPS) is 16.1. The van der Waals surface area contributed by atoms with Gasteiger partial charge in [0, 0.05) is 6.54 Å². The zero-order chi connectivity index (χ0) is 21.2. The summed E-state index contributed by atoms with van der Waals surface area (Å²) in [7, 11) is -3.53. The maximum absolute atomic E-state index is 12.8. The highest BCUT2D eigenvalue weighted by atomic mass is 32.2. The van der Waals surface area contributed by atoms with Crippen molar-refractivity contribution in [3.63, 3.8) is 0 Å². The molecule has 0 radical (unpaired) electrons. The number of fused-ring (bicyclic) bond motifs is 1. The summed E-state index contributed by atoms with van der Waals surface area (Å²) in [5.74, 6) is 0.0822. The molecule has 0 aromatic heterocycles. The Morgan fingerprint density at radius 3 is 2.55 bits per heavy atom. The van der Waals surface area contributed by atoms with E-state index in [4.69, 9.17) is 4.74 Å². The SMILES string of the molecule is CCc1ccc(CC)c(CNC(=O)[C@H]2CN(S(C)(=O)=O)c3ccc(C)cc3O2)c1. The number of nitrogens with zero attached hydrogens (tertiary/aromatic N) is 1. The largest absolute Gasteiger partial charge is 0.476 e. The predicted octanol–water partition coefficient (Wildman–Crippen LogP) is 2.96. The van der Waals surface area contributed by atoms with Crippen molar-refractivity contribution in [2.75, 3.05) is 17.1 Å². The minimum atomic E-state index is -3.53. The second-order valence-electron chi connectivity index (χ2n) is 7.40. The van der Waals surface area contributed by atoms with Gasteiger partial charge in [0.1, 0.15) is 5.75 Å². The number of benzene rings is 2. The Morgan fingerprint density at radius 1 is 1.14 bits per heavy atom. The number of ether oxygens (including phenoxy) is 1. The molecule has 3 rings (SSSR count). The molecular weight excluding hydrogens is 388 g/mol. The third-order valence-corrected chi connectivity index (χ3v) is 6.34. The summed E-state index contributed by atoms with van der Waals surface area (Å²) in [4.78, 5) is 12.8. The smallest absolute Gasteiger partial charge is 0.263 e. The number of amides is 1. The minimum Gasteiger partial charge on any atom is -0.476 e. The second-order valence-corrected chi connectivity index (χ2v) is 9.31. The van der Waals surface area contributed by atoms with Crippen LogP contribution in [0.2, 0.25) is 0 Å². The summed E-state index contributed by atoms with van der Waals surface area (Å²) >= 11 is 0. The first-order valence-electron chi connectivity index (χ1n) is 9.86. The van der Waals surface area contributed by atoms with E-state index in [1.54, 1.807) is 12.1 Å². The second kappa shape index (κ2) is 8.45. The summed E-state index contributed by atoms with van der Waals surface area (Å²) in [6.07, 6.45) is 2.04. The fourth-order valence-electron chi connectivity index (χ4n) is 3.52. The molecule has 0 saturated heterocycles. The quantitative estimate of drug-likeness (QED) is 0.786. The molecular formula is C22H28N2O4S. The highest BCUT2D eigenvalue weighted by Gasteiger charge is 2.35. The first-order chi connectivity index (χ1) is 13.7. The van der Waals surface area contributed by atoms with Gasteiger partial charge < -0.3 is 10.1 Å². The highest BCUT2D eigenvalue weighted by molar-refractivity contribution is 7.92. The Balaban J connectivity index is 1.80. The lowest BCUT2D eigenvalue weighted by molar-refractivity contribution is -0.127. The highest BCUT2D eigenvalue weighted by Crippen LogP contribution is 2.35. The van der Waals surface area contributed by atoms with Crippen LogP contribution in [-0.2, 0) is 34.2 Å². The summed E-state index contributed by atoms with van der Waals surface area (Å²) in [5, 5.41) is 2.93. The van der Waals surface area contributed by atoms with Crippen molar-refractivity contribution in [3.8, 4) is 5.75 Å². The lowest BCUT2D eigenvalue weighted by atomic mass is 10.0. The fraction of sp³-hybridized carbons (Fsp3) is 0.409. The van der Waals surface area contributed by atoms with Gasteiger partial charge in [0.2, 0.25) is 10.0 Å². The van der Waals surface area contributed by atoms with Crippen LogP contribution in [0.4, 0.5) is 5.69 Å². The first kappa shape index (κ1) is 21.2. The van der Waals surface area contributed by atoms with E-state index in [0.717, 1.165) is 30.2 Å². The van der Waals surface area contributed by atoms with Crippen LogP contribution in [-0.4, -0.2) is 33.2 Å². The van der Waals surface area contributed by atoms with E-state index in [0.29, 0.717) is 18.0 Å². The van der Waals surface area contributed by atoms with Crippen molar-refractivity contribution < 1.29 is 17.9 Å². The molecule has 29 heavy (non-hydrogen) atoms. The summed E-state index contributed by atoms with van der Waals surface area (Å²) < 4.78 is 31.7. The lowest BCUT2D eigenvalue weighted by Gasteiger charge is -2.34. The van der Waals surface area contributed by atoms with Crippen LogP contribution in [0.1, 0.15) is 36.1 Å². The molecule has 2 aromatic carbocycles. The molecule has 0 fully saturated rings. The Hall–Kier alpha value is -2.54. The molecule has 0 bridgehead atoms. The molecule has 6 nitrogen and oxygen atoms in total. The van der Waals surface area contributed by atoms with E-state index in [2.05, 4.69) is 37.4 Å². The monoisotopic (exact) mass is 416 g/mol. The van der Waals surface area contributed by atoms with Gasteiger partial charge >= 0.3 is 0 Å². The lowest BCUT2D eigenvalue weighted by Crippen LogP contribution is -2.50. The van der Waals surface area contributed by atoms with E-state index in [9.17, 15) is 13.2 Å². The molecule has 0 saturated carbocycles. The van der Waals surface area contributed by atoms with Gasteiger partial charge in [0.05, 0.1) is 18.5 Å². The Labute approximate surface area is 172 Å². The summed E-state index contributed by atoms with van der Waals surface area (Å²) in [5.41, 5.74) is 4.87. The van der Waals surface area contributed by atoms with Crippen molar-refractivity contribution >= 4 is 21.6 Å². The number of hydrogen-bond donors (Lipinski definition) is 1. The van der Waals surface area contributed by atoms with Crippen LogP contribution in [0.25, 0.3) is 0 Å². The average molecular weight is 417 g/mol. The standard InChI is InChI=1S/C22H28N2O4S/c1-5-16-8-9-17(6-2)18(12-16)13-23-22(25)21-14-24(29(4,26)27)19-10-7-15(3)11-20(19)28-21/h7-12,21H,5-6,13-14H2,1-4H3,(H,23,25)/t21-/m1/s1. The van der Waals surface area contributed by atoms with Crippen LogP contribution in [0.15, 0.2) is 36.4 Å². The van der Waals surface area contributed by atoms with Gasteiger partial charge in [-0.3, -0.25) is 9.10 Å². The van der Waals surface area contributed by atoms with E-state index in [1.165, 1.54) is 15.4 Å². The Kier molecular flexibility index (Phi) is 6.17. The number of aryl methyl sites for hydroxylation is 3. The minimum absolute atomic E-state index is 0.0453. The van der Waals surface area contributed by atoms with Gasteiger partial charge in [0.25, 0.3) is 5.91 Å². The fourth-order valence-corrected chi connectivity index (χ4v) is 4.43. The average Bonchev–Trinajstić information content (AvgIpc) is 2.69. The molecule has 156 valence electrons. The van der Waals surface area contributed by atoms with Crippen LogP contribution < -0.4 is 14.4 Å². The number of hydrogen-bond acceptors (Lipinski definition) is 4. The van der Waals surface area contributed by atoms with Crippen molar-refractivity contribution in [2.24, 2.45) is 0 Å². The van der Waals surface area contributed by atoms with E-state index in [1.807, 2.05) is 13.0 Å². The van der Waals surface area contributed by atoms with Crippen LogP contribution >= 0.6 is 0 Å².